The first kappa shape index (κ1) is 11.5. The highest BCUT2D eigenvalue weighted by Crippen LogP contribution is 2.30. The number of anilines is 1. The number of nitrogens with one attached hydrogen (secondary N) is 1. The Balaban J connectivity index is 2.71. The number of carbonyl (C=O) groups excluding carboxylic acids is 1. The zero-order valence-electron chi connectivity index (χ0n) is 7.51. The van der Waals surface area contributed by atoms with Crippen LogP contribution in [0.2, 0.25) is 0 Å². The fourth-order valence-corrected chi connectivity index (χ4v) is 2.18. The molecule has 0 fully saturated rings. The summed E-state index contributed by atoms with van der Waals surface area (Å²) in [6.07, 6.45) is 0. The third kappa shape index (κ3) is 2.99. The van der Waals surface area contributed by atoms with E-state index in [1.165, 1.54) is 7.11 Å². The van der Waals surface area contributed by atoms with Crippen LogP contribution < -0.4 is 5.32 Å². The number of ether oxygens (including phenoxy) is 1. The molecular formula is C9H9Br2NO2. The van der Waals surface area contributed by atoms with Gasteiger partial charge in [-0.1, -0.05) is 6.07 Å². The lowest BCUT2D eigenvalue weighted by atomic mass is 10.3. The van der Waals surface area contributed by atoms with Gasteiger partial charge in [-0.15, -0.1) is 0 Å². The van der Waals surface area contributed by atoms with Crippen molar-refractivity contribution in [3.05, 3.63) is 27.1 Å². The molecule has 1 aromatic rings. The number of halogens is 2. The number of rotatable bonds is 3. The minimum absolute atomic E-state index is 0.151. The van der Waals surface area contributed by atoms with Crippen LogP contribution in [-0.4, -0.2) is 19.6 Å². The predicted molar refractivity (Wildman–Crippen MR) is 62.3 cm³/mol. The molecule has 1 N–H and O–H groups in total. The Hall–Kier alpha value is -0.550. The number of esters is 1. The molecule has 0 saturated heterocycles. The van der Waals surface area contributed by atoms with Gasteiger partial charge in [-0.2, -0.15) is 0 Å². The summed E-state index contributed by atoms with van der Waals surface area (Å²) < 4.78 is 6.32. The molecule has 14 heavy (non-hydrogen) atoms. The number of methoxy groups -OCH3 is 1. The molecule has 0 atom stereocenters. The smallest absolute Gasteiger partial charge is 0.325 e. The molecule has 76 valence electrons. The van der Waals surface area contributed by atoms with E-state index in [0.29, 0.717) is 0 Å². The van der Waals surface area contributed by atoms with Gasteiger partial charge in [-0.05, 0) is 44.0 Å². The van der Waals surface area contributed by atoms with Crippen molar-refractivity contribution in [3.8, 4) is 0 Å². The molecule has 0 radical (unpaired) electrons. The second-order valence-electron chi connectivity index (χ2n) is 2.53. The lowest BCUT2D eigenvalue weighted by molar-refractivity contribution is -0.138. The van der Waals surface area contributed by atoms with Crippen molar-refractivity contribution in [2.75, 3.05) is 19.0 Å². The van der Waals surface area contributed by atoms with Gasteiger partial charge in [0.25, 0.3) is 0 Å². The summed E-state index contributed by atoms with van der Waals surface area (Å²) in [6, 6.07) is 5.69. The maximum absolute atomic E-state index is 10.9. The van der Waals surface area contributed by atoms with E-state index in [4.69, 9.17) is 0 Å². The van der Waals surface area contributed by atoms with E-state index in [-0.39, 0.29) is 12.5 Å². The van der Waals surface area contributed by atoms with E-state index in [1.54, 1.807) is 0 Å². The molecule has 1 rings (SSSR count). The monoisotopic (exact) mass is 321 g/mol. The van der Waals surface area contributed by atoms with Crippen molar-refractivity contribution in [1.82, 2.24) is 0 Å². The van der Waals surface area contributed by atoms with Crippen LogP contribution in [-0.2, 0) is 9.53 Å². The summed E-state index contributed by atoms with van der Waals surface area (Å²) in [7, 11) is 1.36. The number of para-hydroxylation sites is 1. The lowest BCUT2D eigenvalue weighted by Gasteiger charge is -2.08. The molecule has 0 aliphatic heterocycles. The van der Waals surface area contributed by atoms with Crippen LogP contribution in [0.1, 0.15) is 0 Å². The van der Waals surface area contributed by atoms with E-state index < -0.39 is 0 Å². The molecule has 0 spiro atoms. The van der Waals surface area contributed by atoms with Crippen LogP contribution in [0.25, 0.3) is 0 Å². The Morgan fingerprint density at radius 3 is 2.50 bits per heavy atom. The van der Waals surface area contributed by atoms with Crippen LogP contribution in [0.5, 0.6) is 0 Å². The van der Waals surface area contributed by atoms with Crippen molar-refractivity contribution in [1.29, 1.82) is 0 Å². The maximum atomic E-state index is 10.9. The third-order valence-corrected chi connectivity index (χ3v) is 2.92. The normalized spacial score (nSPS) is 9.64. The summed E-state index contributed by atoms with van der Waals surface area (Å²) in [5.74, 6) is -0.298. The van der Waals surface area contributed by atoms with E-state index in [1.807, 2.05) is 18.2 Å². The number of benzene rings is 1. The molecular weight excluding hydrogens is 314 g/mol. The van der Waals surface area contributed by atoms with Gasteiger partial charge < -0.3 is 10.1 Å². The number of hydrogen-bond donors (Lipinski definition) is 1. The third-order valence-electron chi connectivity index (χ3n) is 1.60. The highest BCUT2D eigenvalue weighted by Gasteiger charge is 2.06. The van der Waals surface area contributed by atoms with E-state index >= 15 is 0 Å². The van der Waals surface area contributed by atoms with Gasteiger partial charge in [0.1, 0.15) is 6.54 Å². The van der Waals surface area contributed by atoms with Crippen molar-refractivity contribution in [2.45, 2.75) is 0 Å². The Labute approximate surface area is 99.1 Å². The fraction of sp³-hybridized carbons (Fsp3) is 0.222. The average molecular weight is 323 g/mol. The fourth-order valence-electron chi connectivity index (χ4n) is 0.899. The molecule has 0 bridgehead atoms. The van der Waals surface area contributed by atoms with E-state index in [0.717, 1.165) is 14.6 Å². The second-order valence-corrected chi connectivity index (χ2v) is 4.24. The van der Waals surface area contributed by atoms with Crippen LogP contribution >= 0.6 is 31.9 Å². The maximum Gasteiger partial charge on any atom is 0.325 e. The summed E-state index contributed by atoms with van der Waals surface area (Å²) in [5, 5.41) is 2.96. The van der Waals surface area contributed by atoms with Crippen LogP contribution in [0, 0.1) is 0 Å². The van der Waals surface area contributed by atoms with Gasteiger partial charge in [0.2, 0.25) is 0 Å². The van der Waals surface area contributed by atoms with E-state index in [9.17, 15) is 4.79 Å². The van der Waals surface area contributed by atoms with Crippen LogP contribution in [0.15, 0.2) is 27.1 Å². The summed E-state index contributed by atoms with van der Waals surface area (Å²) >= 11 is 6.75. The molecule has 1 aromatic carbocycles. The molecule has 0 heterocycles. The van der Waals surface area contributed by atoms with Crippen molar-refractivity contribution in [3.63, 3.8) is 0 Å². The van der Waals surface area contributed by atoms with Crippen molar-refractivity contribution >= 4 is 43.5 Å². The van der Waals surface area contributed by atoms with Gasteiger partial charge in [-0.3, -0.25) is 4.79 Å². The zero-order chi connectivity index (χ0) is 10.6. The second kappa shape index (κ2) is 5.36. The Bertz CT molecular complexity index is 321. The van der Waals surface area contributed by atoms with Gasteiger partial charge in [0.05, 0.1) is 12.8 Å². The first-order chi connectivity index (χ1) is 6.65. The molecule has 0 saturated carbocycles. The van der Waals surface area contributed by atoms with Crippen LogP contribution in [0.4, 0.5) is 5.69 Å². The molecule has 0 amide bonds. The molecule has 0 aliphatic carbocycles. The molecule has 0 aliphatic rings. The molecule has 3 nitrogen and oxygen atoms in total. The van der Waals surface area contributed by atoms with Gasteiger partial charge in [0, 0.05) is 8.95 Å². The molecule has 0 aromatic heterocycles. The minimum atomic E-state index is -0.298. The minimum Gasteiger partial charge on any atom is -0.468 e. The van der Waals surface area contributed by atoms with Crippen molar-refractivity contribution in [2.24, 2.45) is 0 Å². The Kier molecular flexibility index (Phi) is 4.41. The standard InChI is InChI=1S/C9H9Br2NO2/c1-14-8(13)5-12-9-6(10)3-2-4-7(9)11/h2-4,12H,5H2,1H3. The zero-order valence-corrected chi connectivity index (χ0v) is 10.7. The SMILES string of the molecule is COC(=O)CNc1c(Br)cccc1Br. The summed E-state index contributed by atoms with van der Waals surface area (Å²) in [6.45, 7) is 0.151. The summed E-state index contributed by atoms with van der Waals surface area (Å²) in [4.78, 5) is 10.9. The largest absolute Gasteiger partial charge is 0.468 e. The van der Waals surface area contributed by atoms with Gasteiger partial charge >= 0.3 is 5.97 Å². The highest BCUT2D eigenvalue weighted by molar-refractivity contribution is 9.11. The lowest BCUT2D eigenvalue weighted by Crippen LogP contribution is -2.15. The highest BCUT2D eigenvalue weighted by atomic mass is 79.9. The van der Waals surface area contributed by atoms with Crippen molar-refractivity contribution < 1.29 is 9.53 Å². The average Bonchev–Trinajstić information content (AvgIpc) is 2.16. The molecule has 0 unspecified atom stereocenters. The number of carbonyl (C=O) groups is 1. The van der Waals surface area contributed by atoms with E-state index in [2.05, 4.69) is 41.9 Å². The molecule has 5 heteroatoms. The summed E-state index contributed by atoms with van der Waals surface area (Å²) in [5.41, 5.74) is 0.845. The number of hydrogen-bond acceptors (Lipinski definition) is 3. The quantitative estimate of drug-likeness (QED) is 0.870. The first-order valence-corrected chi connectivity index (χ1v) is 5.48. The van der Waals surface area contributed by atoms with Gasteiger partial charge in [-0.25, -0.2) is 0 Å². The predicted octanol–water partition coefficient (Wildman–Crippen LogP) is 2.80. The first-order valence-electron chi connectivity index (χ1n) is 3.90. The topological polar surface area (TPSA) is 38.3 Å². The Morgan fingerprint density at radius 2 is 2.00 bits per heavy atom. The van der Waals surface area contributed by atoms with Gasteiger partial charge in [0.15, 0.2) is 0 Å². The Morgan fingerprint density at radius 1 is 1.43 bits per heavy atom. The van der Waals surface area contributed by atoms with Crippen LogP contribution in [0.3, 0.4) is 0 Å².